The molecule has 0 spiro atoms. The lowest BCUT2D eigenvalue weighted by Crippen LogP contribution is -2.29. The van der Waals surface area contributed by atoms with Crippen LogP contribution in [0.25, 0.3) is 0 Å². The van der Waals surface area contributed by atoms with E-state index in [1.54, 1.807) is 12.1 Å². The Morgan fingerprint density at radius 2 is 2.24 bits per heavy atom. The first kappa shape index (κ1) is 13.4. The number of rotatable bonds is 6. The summed E-state index contributed by atoms with van der Waals surface area (Å²) in [5.41, 5.74) is 7.37. The highest BCUT2D eigenvalue weighted by molar-refractivity contribution is 5.77. The number of nitrogens with one attached hydrogen (secondary N) is 1. The molecule has 0 atom stereocenters. The van der Waals surface area contributed by atoms with Crippen LogP contribution in [0, 0.1) is 6.92 Å². The Kier molecular flexibility index (Phi) is 5.33. The number of ether oxygens (including phenoxy) is 1. The van der Waals surface area contributed by atoms with Gasteiger partial charge in [-0.05, 0) is 37.1 Å². The summed E-state index contributed by atoms with van der Waals surface area (Å²) in [4.78, 5) is 11.4. The molecule has 0 heterocycles. The van der Waals surface area contributed by atoms with Crippen LogP contribution < -0.4 is 15.8 Å². The van der Waals surface area contributed by atoms with Crippen LogP contribution in [0.3, 0.4) is 0 Å². The van der Waals surface area contributed by atoms with Gasteiger partial charge in [0, 0.05) is 12.2 Å². The summed E-state index contributed by atoms with van der Waals surface area (Å²) in [6.07, 6.45) is 2.06. The zero-order chi connectivity index (χ0) is 12.7. The Labute approximate surface area is 102 Å². The molecular formula is C13H20N2O2. The van der Waals surface area contributed by atoms with E-state index < -0.39 is 0 Å². The van der Waals surface area contributed by atoms with Crippen LogP contribution in [0.5, 0.6) is 5.75 Å². The van der Waals surface area contributed by atoms with Gasteiger partial charge >= 0.3 is 0 Å². The normalized spacial score (nSPS) is 10.0. The molecule has 0 radical (unpaired) electrons. The number of aryl methyl sites for hydroxylation is 1. The van der Waals surface area contributed by atoms with Gasteiger partial charge in [0.15, 0.2) is 6.61 Å². The third-order valence-corrected chi connectivity index (χ3v) is 2.46. The Balaban J connectivity index is 2.34. The van der Waals surface area contributed by atoms with E-state index >= 15 is 0 Å². The number of benzene rings is 1. The van der Waals surface area contributed by atoms with Crippen molar-refractivity contribution in [1.29, 1.82) is 0 Å². The Morgan fingerprint density at radius 3 is 2.88 bits per heavy atom. The summed E-state index contributed by atoms with van der Waals surface area (Å²) in [5.74, 6) is 0.579. The van der Waals surface area contributed by atoms with E-state index in [2.05, 4.69) is 12.2 Å². The van der Waals surface area contributed by atoms with Gasteiger partial charge in [-0.25, -0.2) is 0 Å². The van der Waals surface area contributed by atoms with Gasteiger partial charge in [0.2, 0.25) is 0 Å². The second-order valence-electron chi connectivity index (χ2n) is 4.01. The number of hydrogen-bond donors (Lipinski definition) is 2. The lowest BCUT2D eigenvalue weighted by molar-refractivity contribution is -0.123. The largest absolute Gasteiger partial charge is 0.484 e. The molecule has 17 heavy (non-hydrogen) atoms. The molecule has 94 valence electrons. The van der Waals surface area contributed by atoms with Crippen LogP contribution in [-0.2, 0) is 4.79 Å². The zero-order valence-corrected chi connectivity index (χ0v) is 10.5. The molecule has 0 fully saturated rings. The Morgan fingerprint density at radius 1 is 1.47 bits per heavy atom. The van der Waals surface area contributed by atoms with Gasteiger partial charge < -0.3 is 15.8 Å². The predicted molar refractivity (Wildman–Crippen MR) is 69.0 cm³/mol. The van der Waals surface area contributed by atoms with Crippen molar-refractivity contribution in [2.75, 3.05) is 18.9 Å². The number of amides is 1. The van der Waals surface area contributed by atoms with Gasteiger partial charge in [0.05, 0.1) is 0 Å². The second-order valence-corrected chi connectivity index (χ2v) is 4.01. The fraction of sp³-hybridized carbons (Fsp3) is 0.462. The van der Waals surface area contributed by atoms with Gasteiger partial charge in [-0.15, -0.1) is 0 Å². The quantitative estimate of drug-likeness (QED) is 0.585. The average molecular weight is 236 g/mol. The van der Waals surface area contributed by atoms with Gasteiger partial charge in [-0.1, -0.05) is 13.3 Å². The summed E-state index contributed by atoms with van der Waals surface area (Å²) >= 11 is 0. The third kappa shape index (κ3) is 4.76. The number of hydrogen-bond acceptors (Lipinski definition) is 3. The monoisotopic (exact) mass is 236 g/mol. The molecule has 4 heteroatoms. The minimum Gasteiger partial charge on any atom is -0.484 e. The van der Waals surface area contributed by atoms with Crippen molar-refractivity contribution in [3.63, 3.8) is 0 Å². The van der Waals surface area contributed by atoms with Crippen LogP contribution in [0.15, 0.2) is 18.2 Å². The molecule has 0 aliphatic rings. The highest BCUT2D eigenvalue weighted by atomic mass is 16.5. The van der Waals surface area contributed by atoms with Crippen molar-refractivity contribution in [2.45, 2.75) is 26.7 Å². The minimum atomic E-state index is -0.0899. The summed E-state index contributed by atoms with van der Waals surface area (Å²) in [6, 6.07) is 5.37. The number of nitrogens with two attached hydrogens (primary N) is 1. The first-order chi connectivity index (χ1) is 8.13. The van der Waals surface area contributed by atoms with Gasteiger partial charge in [-0.3, -0.25) is 4.79 Å². The number of anilines is 1. The van der Waals surface area contributed by atoms with Crippen molar-refractivity contribution in [1.82, 2.24) is 5.32 Å². The number of carbonyl (C=O) groups excluding carboxylic acids is 1. The standard InChI is InChI=1S/C13H20N2O2/c1-3-4-7-15-13(16)9-17-11-5-6-12(14)10(2)8-11/h5-6,8H,3-4,7,9,14H2,1-2H3,(H,15,16). The maximum atomic E-state index is 11.4. The van der Waals surface area contributed by atoms with Crippen molar-refractivity contribution >= 4 is 11.6 Å². The van der Waals surface area contributed by atoms with E-state index in [0.29, 0.717) is 12.3 Å². The molecule has 1 rings (SSSR count). The van der Waals surface area contributed by atoms with Crippen molar-refractivity contribution < 1.29 is 9.53 Å². The molecule has 0 bridgehead atoms. The first-order valence-corrected chi connectivity index (χ1v) is 5.89. The third-order valence-electron chi connectivity index (χ3n) is 2.46. The number of carbonyl (C=O) groups is 1. The van der Waals surface area contributed by atoms with Crippen LogP contribution in [0.1, 0.15) is 25.3 Å². The maximum Gasteiger partial charge on any atom is 0.257 e. The van der Waals surface area contributed by atoms with E-state index in [9.17, 15) is 4.79 Å². The molecule has 1 aromatic carbocycles. The highest BCUT2D eigenvalue weighted by Gasteiger charge is 2.02. The molecule has 0 aliphatic heterocycles. The lowest BCUT2D eigenvalue weighted by atomic mass is 10.2. The van der Waals surface area contributed by atoms with Gasteiger partial charge in [0.1, 0.15) is 5.75 Å². The predicted octanol–water partition coefficient (Wildman–Crippen LogP) is 1.87. The van der Waals surface area contributed by atoms with Crippen LogP contribution in [0.4, 0.5) is 5.69 Å². The molecule has 0 unspecified atom stereocenters. The number of nitrogen functional groups attached to an aromatic ring is 1. The van der Waals surface area contributed by atoms with E-state index in [1.807, 2.05) is 13.0 Å². The molecule has 3 N–H and O–H groups in total. The first-order valence-electron chi connectivity index (χ1n) is 5.89. The average Bonchev–Trinajstić information content (AvgIpc) is 2.31. The molecule has 0 aliphatic carbocycles. The topological polar surface area (TPSA) is 64.3 Å². The Bertz CT molecular complexity index is 378. The number of unbranched alkanes of at least 4 members (excludes halogenated alkanes) is 1. The maximum absolute atomic E-state index is 11.4. The van der Waals surface area contributed by atoms with Crippen molar-refractivity contribution in [3.8, 4) is 5.75 Å². The molecular weight excluding hydrogens is 216 g/mol. The molecule has 1 amide bonds. The van der Waals surface area contributed by atoms with Gasteiger partial charge in [-0.2, -0.15) is 0 Å². The summed E-state index contributed by atoms with van der Waals surface area (Å²) in [5, 5.41) is 2.79. The smallest absolute Gasteiger partial charge is 0.257 e. The zero-order valence-electron chi connectivity index (χ0n) is 10.5. The second kappa shape index (κ2) is 6.78. The summed E-state index contributed by atoms with van der Waals surface area (Å²) in [7, 11) is 0. The SMILES string of the molecule is CCCCNC(=O)COc1ccc(N)c(C)c1. The van der Waals surface area contributed by atoms with Crippen LogP contribution >= 0.6 is 0 Å². The Hall–Kier alpha value is -1.71. The molecule has 0 aromatic heterocycles. The van der Waals surface area contributed by atoms with E-state index in [-0.39, 0.29) is 12.5 Å². The summed E-state index contributed by atoms with van der Waals surface area (Å²) in [6.45, 7) is 4.75. The fourth-order valence-corrected chi connectivity index (χ4v) is 1.34. The van der Waals surface area contributed by atoms with E-state index in [1.165, 1.54) is 0 Å². The fourth-order valence-electron chi connectivity index (χ4n) is 1.34. The van der Waals surface area contributed by atoms with Crippen LogP contribution in [0.2, 0.25) is 0 Å². The van der Waals surface area contributed by atoms with Crippen molar-refractivity contribution in [3.05, 3.63) is 23.8 Å². The molecule has 4 nitrogen and oxygen atoms in total. The molecule has 0 saturated heterocycles. The molecule has 1 aromatic rings. The highest BCUT2D eigenvalue weighted by Crippen LogP contribution is 2.18. The van der Waals surface area contributed by atoms with Gasteiger partial charge in [0.25, 0.3) is 5.91 Å². The van der Waals surface area contributed by atoms with Crippen molar-refractivity contribution in [2.24, 2.45) is 0 Å². The van der Waals surface area contributed by atoms with E-state index in [0.717, 1.165) is 24.1 Å². The minimum absolute atomic E-state index is 0.0487. The lowest BCUT2D eigenvalue weighted by Gasteiger charge is -2.08. The van der Waals surface area contributed by atoms with E-state index in [4.69, 9.17) is 10.5 Å². The molecule has 0 saturated carbocycles. The summed E-state index contributed by atoms with van der Waals surface area (Å²) < 4.78 is 5.37. The van der Waals surface area contributed by atoms with Crippen LogP contribution in [-0.4, -0.2) is 19.1 Å².